The van der Waals surface area contributed by atoms with Gasteiger partial charge in [0.25, 0.3) is 5.91 Å². The van der Waals surface area contributed by atoms with Gasteiger partial charge in [-0.05, 0) is 42.5 Å². The highest BCUT2D eigenvalue weighted by Crippen LogP contribution is 2.29. The van der Waals surface area contributed by atoms with Crippen LogP contribution in [0.5, 0.6) is 11.5 Å². The van der Waals surface area contributed by atoms with E-state index in [1.165, 1.54) is 25.5 Å². The molecule has 0 saturated carbocycles. The predicted octanol–water partition coefficient (Wildman–Crippen LogP) is 4.73. The third kappa shape index (κ3) is 4.42. The molecule has 0 aliphatic heterocycles. The summed E-state index contributed by atoms with van der Waals surface area (Å²) < 4.78 is 10.6. The van der Waals surface area contributed by atoms with Gasteiger partial charge in [-0.15, -0.1) is 0 Å². The predicted molar refractivity (Wildman–Crippen MR) is 104 cm³/mol. The summed E-state index contributed by atoms with van der Waals surface area (Å²) in [6.45, 7) is 0. The van der Waals surface area contributed by atoms with Crippen molar-refractivity contribution in [3.05, 3.63) is 69.9 Å². The summed E-state index contributed by atoms with van der Waals surface area (Å²) in [4.78, 5) is 12.1. The Bertz CT molecular complexity index is 1010. The fourth-order valence-corrected chi connectivity index (χ4v) is 2.57. The molecule has 0 aliphatic rings. The minimum atomic E-state index is -0.567. The molecule has 0 radical (unpaired) electrons. The van der Waals surface area contributed by atoms with Gasteiger partial charge in [-0.25, -0.2) is 5.43 Å². The zero-order valence-electron chi connectivity index (χ0n) is 14.1. The third-order valence-corrected chi connectivity index (χ3v) is 4.38. The number of amides is 1. The van der Waals surface area contributed by atoms with Crippen LogP contribution in [-0.2, 0) is 0 Å². The van der Waals surface area contributed by atoms with E-state index in [0.717, 1.165) is 5.56 Å². The van der Waals surface area contributed by atoms with E-state index in [9.17, 15) is 9.90 Å². The minimum absolute atomic E-state index is 0.0730. The molecule has 0 unspecified atom stereocenters. The Balaban J connectivity index is 1.67. The van der Waals surface area contributed by atoms with Crippen LogP contribution in [0.4, 0.5) is 0 Å². The smallest absolute Gasteiger partial charge is 0.275 e. The number of hydrogen-bond acceptors (Lipinski definition) is 5. The summed E-state index contributed by atoms with van der Waals surface area (Å²) in [5, 5.41) is 14.6. The molecule has 0 atom stereocenters. The first kappa shape index (κ1) is 18.8. The number of nitrogens with zero attached hydrogens (tertiary/aromatic N) is 1. The number of methoxy groups -OCH3 is 1. The van der Waals surface area contributed by atoms with Crippen LogP contribution in [0.1, 0.15) is 16.1 Å². The van der Waals surface area contributed by atoms with E-state index in [1.54, 1.807) is 36.4 Å². The number of hydrazone groups is 1. The summed E-state index contributed by atoms with van der Waals surface area (Å²) >= 11 is 11.9. The van der Waals surface area contributed by atoms with Crippen molar-refractivity contribution in [1.29, 1.82) is 0 Å². The van der Waals surface area contributed by atoms with Crippen LogP contribution < -0.4 is 10.2 Å². The maximum Gasteiger partial charge on any atom is 0.275 e. The number of aromatic hydroxyl groups is 1. The second kappa shape index (κ2) is 8.16. The number of benzene rings is 2. The topological polar surface area (TPSA) is 84.1 Å². The number of phenols is 1. The molecule has 0 fully saturated rings. The van der Waals surface area contributed by atoms with E-state index < -0.39 is 5.91 Å². The van der Waals surface area contributed by atoms with Gasteiger partial charge in [-0.2, -0.15) is 5.10 Å². The minimum Gasteiger partial charge on any atom is -0.507 e. The lowest BCUT2D eigenvalue weighted by Gasteiger charge is -2.05. The molecule has 3 aromatic rings. The summed E-state index contributed by atoms with van der Waals surface area (Å²) in [5.41, 5.74) is 3.16. The van der Waals surface area contributed by atoms with Crippen molar-refractivity contribution in [2.75, 3.05) is 7.11 Å². The van der Waals surface area contributed by atoms with Crippen LogP contribution in [0.25, 0.3) is 11.3 Å². The second-order valence-corrected chi connectivity index (χ2v) is 6.23. The van der Waals surface area contributed by atoms with E-state index in [0.29, 0.717) is 27.3 Å². The number of nitrogens with one attached hydrogen (secondary N) is 1. The lowest BCUT2D eigenvalue weighted by molar-refractivity contribution is 0.0952. The number of ether oxygens (including phenoxy) is 1. The van der Waals surface area contributed by atoms with Crippen LogP contribution in [0.2, 0.25) is 10.0 Å². The Morgan fingerprint density at radius 3 is 2.67 bits per heavy atom. The zero-order chi connectivity index (χ0) is 19.4. The first-order valence-corrected chi connectivity index (χ1v) is 8.49. The molecule has 2 N–H and O–H groups in total. The molecule has 27 heavy (non-hydrogen) atoms. The van der Waals surface area contributed by atoms with Crippen LogP contribution in [0, 0.1) is 0 Å². The van der Waals surface area contributed by atoms with Crippen molar-refractivity contribution in [2.45, 2.75) is 0 Å². The molecule has 2 aromatic carbocycles. The second-order valence-electron chi connectivity index (χ2n) is 5.41. The largest absolute Gasteiger partial charge is 0.507 e. The van der Waals surface area contributed by atoms with E-state index in [1.807, 2.05) is 0 Å². The van der Waals surface area contributed by atoms with Crippen LogP contribution in [0.3, 0.4) is 0 Å². The standard InChI is InChI=1S/C19H14Cl2N2O4/c1-26-12-3-5-14(17(24)9-12)19(25)23-22-10-13-4-7-18(27-13)11-2-6-15(20)16(21)8-11/h2-10,24H,1H3,(H,23,25)/b22-10-. The van der Waals surface area contributed by atoms with Crippen molar-refractivity contribution >= 4 is 35.3 Å². The number of furan rings is 1. The van der Waals surface area contributed by atoms with Crippen LogP contribution in [-0.4, -0.2) is 24.3 Å². The quantitative estimate of drug-likeness (QED) is 0.475. The maximum atomic E-state index is 12.1. The first-order chi connectivity index (χ1) is 13.0. The van der Waals surface area contributed by atoms with Gasteiger partial charge in [0, 0.05) is 11.6 Å². The maximum absolute atomic E-state index is 12.1. The third-order valence-electron chi connectivity index (χ3n) is 3.64. The normalized spacial score (nSPS) is 10.9. The lowest BCUT2D eigenvalue weighted by Crippen LogP contribution is -2.17. The van der Waals surface area contributed by atoms with Crippen molar-refractivity contribution in [1.82, 2.24) is 5.43 Å². The molecule has 1 aromatic heterocycles. The van der Waals surface area contributed by atoms with Gasteiger partial charge in [-0.1, -0.05) is 23.2 Å². The van der Waals surface area contributed by atoms with E-state index in [2.05, 4.69) is 10.5 Å². The highest BCUT2D eigenvalue weighted by molar-refractivity contribution is 6.42. The number of carbonyl (C=O) groups excluding carboxylic acids is 1. The van der Waals surface area contributed by atoms with Crippen LogP contribution in [0.15, 0.2) is 58.0 Å². The summed E-state index contributed by atoms with van der Waals surface area (Å²) in [6.07, 6.45) is 1.35. The molecule has 1 heterocycles. The van der Waals surface area contributed by atoms with Crippen LogP contribution >= 0.6 is 23.2 Å². The number of hydrogen-bond donors (Lipinski definition) is 2. The molecular formula is C19H14Cl2N2O4. The molecule has 0 saturated heterocycles. The summed E-state index contributed by atoms with van der Waals surface area (Å²) in [6, 6.07) is 12.9. The highest BCUT2D eigenvalue weighted by atomic mass is 35.5. The fourth-order valence-electron chi connectivity index (χ4n) is 2.27. The summed E-state index contributed by atoms with van der Waals surface area (Å²) in [5.74, 6) is 0.673. The van der Waals surface area contributed by atoms with Crippen molar-refractivity contribution in [3.8, 4) is 22.8 Å². The number of rotatable bonds is 5. The molecular weight excluding hydrogens is 391 g/mol. The van der Waals surface area contributed by atoms with Gasteiger partial charge >= 0.3 is 0 Å². The number of phenolic OH excluding ortho intramolecular Hbond substituents is 1. The Labute approximate surface area is 165 Å². The van der Waals surface area contributed by atoms with Gasteiger partial charge in [0.1, 0.15) is 23.0 Å². The Morgan fingerprint density at radius 1 is 1.15 bits per heavy atom. The van der Waals surface area contributed by atoms with Crippen molar-refractivity contribution < 1.29 is 19.1 Å². The first-order valence-electron chi connectivity index (χ1n) is 7.73. The van der Waals surface area contributed by atoms with Gasteiger partial charge in [-0.3, -0.25) is 4.79 Å². The molecule has 0 spiro atoms. The number of halogens is 2. The highest BCUT2D eigenvalue weighted by Gasteiger charge is 2.11. The van der Waals surface area contributed by atoms with Crippen molar-refractivity contribution in [3.63, 3.8) is 0 Å². The monoisotopic (exact) mass is 404 g/mol. The Morgan fingerprint density at radius 2 is 1.96 bits per heavy atom. The Kier molecular flexibility index (Phi) is 5.69. The van der Waals surface area contributed by atoms with Gasteiger partial charge in [0.05, 0.1) is 28.9 Å². The molecule has 138 valence electrons. The SMILES string of the molecule is COc1ccc(C(=O)N/N=C\c2ccc(-c3ccc(Cl)c(Cl)c3)o2)c(O)c1. The summed E-state index contributed by atoms with van der Waals surface area (Å²) in [7, 11) is 1.47. The van der Waals surface area contributed by atoms with Gasteiger partial charge in [0.15, 0.2) is 0 Å². The Hall–Kier alpha value is -2.96. The van der Waals surface area contributed by atoms with Gasteiger partial charge < -0.3 is 14.3 Å². The van der Waals surface area contributed by atoms with E-state index in [-0.39, 0.29) is 11.3 Å². The average molecular weight is 405 g/mol. The van der Waals surface area contributed by atoms with E-state index in [4.69, 9.17) is 32.4 Å². The molecule has 6 nitrogen and oxygen atoms in total. The molecule has 8 heteroatoms. The van der Waals surface area contributed by atoms with E-state index >= 15 is 0 Å². The number of carbonyl (C=O) groups is 1. The van der Waals surface area contributed by atoms with Crippen molar-refractivity contribution in [2.24, 2.45) is 5.10 Å². The lowest BCUT2D eigenvalue weighted by atomic mass is 10.2. The average Bonchev–Trinajstić information content (AvgIpc) is 3.12. The molecule has 3 rings (SSSR count). The zero-order valence-corrected chi connectivity index (χ0v) is 15.6. The fraction of sp³-hybridized carbons (Fsp3) is 0.0526. The molecule has 0 bridgehead atoms. The molecule has 0 aliphatic carbocycles. The molecule has 1 amide bonds. The van der Waals surface area contributed by atoms with Gasteiger partial charge in [0.2, 0.25) is 0 Å².